The lowest BCUT2D eigenvalue weighted by Crippen LogP contribution is -2.37. The number of aryl methyl sites for hydroxylation is 2. The van der Waals surface area contributed by atoms with Gasteiger partial charge in [0.1, 0.15) is 0 Å². The zero-order chi connectivity index (χ0) is 16.8. The number of hydrogen-bond donors (Lipinski definition) is 2. The summed E-state index contributed by atoms with van der Waals surface area (Å²) in [7, 11) is 0. The van der Waals surface area contributed by atoms with Crippen LogP contribution in [0.5, 0.6) is 0 Å². The number of benzene rings is 1. The van der Waals surface area contributed by atoms with E-state index in [1.165, 1.54) is 11.8 Å². The second kappa shape index (κ2) is 7.82. The number of para-hydroxylation sites is 1. The number of carbonyl (C=O) groups is 2. The minimum Gasteiger partial charge on any atom is -0.346 e. The van der Waals surface area contributed by atoms with E-state index in [0.29, 0.717) is 18.8 Å². The van der Waals surface area contributed by atoms with Crippen LogP contribution in [-0.4, -0.2) is 34.4 Å². The van der Waals surface area contributed by atoms with Crippen LogP contribution in [0.3, 0.4) is 0 Å². The first kappa shape index (κ1) is 17.1. The summed E-state index contributed by atoms with van der Waals surface area (Å²) in [6.07, 6.45) is 1.92. The lowest BCUT2D eigenvalue weighted by Gasteiger charge is -2.10. The van der Waals surface area contributed by atoms with Crippen molar-refractivity contribution in [3.63, 3.8) is 0 Å². The average Bonchev–Trinajstić information content (AvgIpc) is 2.85. The minimum absolute atomic E-state index is 0.346. The maximum Gasteiger partial charge on any atom is 0.313 e. The van der Waals surface area contributed by atoms with Gasteiger partial charge in [-0.2, -0.15) is 5.10 Å². The monoisotopic (exact) mass is 332 g/mol. The van der Waals surface area contributed by atoms with Crippen LogP contribution in [-0.2, 0) is 16.1 Å². The highest BCUT2D eigenvalue weighted by Crippen LogP contribution is 2.24. The Hall–Kier alpha value is -2.28. The van der Waals surface area contributed by atoms with E-state index in [4.69, 9.17) is 0 Å². The summed E-state index contributed by atoms with van der Waals surface area (Å²) in [5.74, 6) is -1.32. The van der Waals surface area contributed by atoms with Crippen molar-refractivity contribution in [1.29, 1.82) is 0 Å². The minimum atomic E-state index is -0.667. The topological polar surface area (TPSA) is 76.0 Å². The molecule has 0 aliphatic rings. The number of aromatic nitrogens is 2. The molecule has 0 atom stereocenters. The Bertz CT molecular complexity index is 712. The van der Waals surface area contributed by atoms with E-state index in [1.54, 1.807) is 10.7 Å². The second-order valence-corrected chi connectivity index (χ2v) is 5.91. The number of rotatable bonds is 5. The van der Waals surface area contributed by atoms with Gasteiger partial charge < -0.3 is 10.6 Å². The van der Waals surface area contributed by atoms with Gasteiger partial charge in [0.2, 0.25) is 0 Å². The van der Waals surface area contributed by atoms with Crippen molar-refractivity contribution in [2.75, 3.05) is 18.1 Å². The molecule has 2 rings (SSSR count). The average molecular weight is 332 g/mol. The molecule has 0 aliphatic carbocycles. The van der Waals surface area contributed by atoms with Crippen LogP contribution in [0.25, 0.3) is 0 Å². The molecule has 0 spiro atoms. The fraction of sp³-hybridized carbons (Fsp3) is 0.312. The van der Waals surface area contributed by atoms with E-state index >= 15 is 0 Å². The number of hydrogen-bond acceptors (Lipinski definition) is 4. The van der Waals surface area contributed by atoms with E-state index < -0.39 is 11.8 Å². The summed E-state index contributed by atoms with van der Waals surface area (Å²) in [5, 5.41) is 9.54. The van der Waals surface area contributed by atoms with Gasteiger partial charge in [-0.25, -0.2) is 0 Å². The van der Waals surface area contributed by atoms with Gasteiger partial charge >= 0.3 is 11.8 Å². The largest absolute Gasteiger partial charge is 0.346 e. The fourth-order valence-corrected chi connectivity index (χ4v) is 2.74. The Morgan fingerprint density at radius 1 is 1.22 bits per heavy atom. The molecular formula is C16H20N4O2S. The van der Waals surface area contributed by atoms with Crippen LogP contribution in [0, 0.1) is 13.8 Å². The number of thioether (sulfide) groups is 1. The summed E-state index contributed by atoms with van der Waals surface area (Å²) in [6.45, 7) is 4.74. The van der Waals surface area contributed by atoms with Crippen LogP contribution in [0.1, 0.15) is 11.4 Å². The van der Waals surface area contributed by atoms with Gasteiger partial charge in [0.05, 0.1) is 17.9 Å². The Balaban J connectivity index is 1.85. The molecule has 0 radical (unpaired) electrons. The van der Waals surface area contributed by atoms with E-state index in [2.05, 4.69) is 15.7 Å². The number of amides is 2. The van der Waals surface area contributed by atoms with Crippen LogP contribution in [0.2, 0.25) is 0 Å². The second-order valence-electron chi connectivity index (χ2n) is 5.06. The Morgan fingerprint density at radius 2 is 1.96 bits per heavy atom. The Kier molecular flexibility index (Phi) is 5.81. The molecule has 0 aliphatic heterocycles. The zero-order valence-electron chi connectivity index (χ0n) is 13.4. The number of nitrogens with zero attached hydrogens (tertiary/aromatic N) is 2. The first-order valence-electron chi connectivity index (χ1n) is 7.24. The first-order chi connectivity index (χ1) is 11.0. The summed E-state index contributed by atoms with van der Waals surface area (Å²) >= 11 is 1.51. The summed E-state index contributed by atoms with van der Waals surface area (Å²) in [5.41, 5.74) is 2.59. The van der Waals surface area contributed by atoms with Crippen molar-refractivity contribution < 1.29 is 9.59 Å². The van der Waals surface area contributed by atoms with Gasteiger partial charge in [-0.05, 0) is 38.3 Å². The number of carbonyl (C=O) groups excluding carboxylic acids is 2. The third kappa shape index (κ3) is 4.59. The Labute approximate surface area is 139 Å². The van der Waals surface area contributed by atoms with Crippen LogP contribution in [0.4, 0.5) is 5.69 Å². The summed E-state index contributed by atoms with van der Waals surface area (Å²) < 4.78 is 1.80. The van der Waals surface area contributed by atoms with E-state index in [-0.39, 0.29) is 0 Å². The summed E-state index contributed by atoms with van der Waals surface area (Å²) in [6, 6.07) is 9.33. The molecule has 2 aromatic rings. The highest BCUT2D eigenvalue weighted by atomic mass is 32.2. The Morgan fingerprint density at radius 3 is 2.61 bits per heavy atom. The number of anilines is 1. The number of nitrogens with one attached hydrogen (secondary N) is 2. The molecule has 1 aromatic carbocycles. The lowest BCUT2D eigenvalue weighted by molar-refractivity contribution is -0.136. The molecular weight excluding hydrogens is 312 g/mol. The summed E-state index contributed by atoms with van der Waals surface area (Å²) in [4.78, 5) is 24.7. The van der Waals surface area contributed by atoms with Crippen molar-refractivity contribution in [3.05, 3.63) is 41.7 Å². The van der Waals surface area contributed by atoms with E-state index in [9.17, 15) is 9.59 Å². The van der Waals surface area contributed by atoms with Crippen LogP contribution in [0.15, 0.2) is 35.2 Å². The molecule has 0 unspecified atom stereocenters. The molecule has 23 heavy (non-hydrogen) atoms. The molecule has 0 fully saturated rings. The van der Waals surface area contributed by atoms with Gasteiger partial charge in [0.25, 0.3) is 0 Å². The molecule has 7 heteroatoms. The van der Waals surface area contributed by atoms with Crippen molar-refractivity contribution in [2.45, 2.75) is 25.3 Å². The van der Waals surface area contributed by atoms with Crippen molar-refractivity contribution in [2.24, 2.45) is 0 Å². The third-order valence-corrected chi connectivity index (χ3v) is 4.07. The molecule has 2 N–H and O–H groups in total. The molecule has 6 nitrogen and oxygen atoms in total. The highest BCUT2D eigenvalue weighted by molar-refractivity contribution is 7.98. The smallest absolute Gasteiger partial charge is 0.313 e. The maximum atomic E-state index is 11.9. The van der Waals surface area contributed by atoms with Gasteiger partial charge in [0, 0.05) is 17.1 Å². The van der Waals surface area contributed by atoms with Crippen LogP contribution < -0.4 is 10.6 Å². The molecule has 1 heterocycles. The van der Waals surface area contributed by atoms with E-state index in [0.717, 1.165) is 16.3 Å². The first-order valence-corrected chi connectivity index (χ1v) is 8.47. The normalized spacial score (nSPS) is 10.4. The van der Waals surface area contributed by atoms with E-state index in [1.807, 2.05) is 44.4 Å². The van der Waals surface area contributed by atoms with Crippen molar-refractivity contribution in [1.82, 2.24) is 15.1 Å². The SMILES string of the molecule is CSc1ccccc1NC(=O)C(=O)NCCn1nc(C)cc1C. The molecule has 122 valence electrons. The van der Waals surface area contributed by atoms with Crippen molar-refractivity contribution >= 4 is 29.3 Å². The van der Waals surface area contributed by atoms with Gasteiger partial charge in [-0.15, -0.1) is 11.8 Å². The maximum absolute atomic E-state index is 11.9. The highest BCUT2D eigenvalue weighted by Gasteiger charge is 2.14. The molecule has 0 saturated heterocycles. The third-order valence-electron chi connectivity index (χ3n) is 3.27. The van der Waals surface area contributed by atoms with Crippen molar-refractivity contribution in [3.8, 4) is 0 Å². The molecule has 0 bridgehead atoms. The predicted molar refractivity (Wildman–Crippen MR) is 91.6 cm³/mol. The zero-order valence-corrected chi connectivity index (χ0v) is 14.2. The predicted octanol–water partition coefficient (Wildman–Crippen LogP) is 1.98. The molecule has 1 aromatic heterocycles. The fourth-order valence-electron chi connectivity index (χ4n) is 2.18. The van der Waals surface area contributed by atoms with Gasteiger partial charge in [-0.1, -0.05) is 12.1 Å². The quantitative estimate of drug-likeness (QED) is 0.648. The lowest BCUT2D eigenvalue weighted by atomic mass is 10.3. The van der Waals surface area contributed by atoms with Gasteiger partial charge in [-0.3, -0.25) is 14.3 Å². The molecule has 0 saturated carbocycles. The van der Waals surface area contributed by atoms with Crippen LogP contribution >= 0.6 is 11.8 Å². The standard InChI is InChI=1S/C16H20N4O2S/c1-11-10-12(2)20(19-11)9-8-17-15(21)16(22)18-13-6-4-5-7-14(13)23-3/h4-7,10H,8-9H2,1-3H3,(H,17,21)(H,18,22). The molecule has 2 amide bonds. The van der Waals surface area contributed by atoms with Gasteiger partial charge in [0.15, 0.2) is 0 Å².